The van der Waals surface area contributed by atoms with Crippen molar-refractivity contribution in [2.45, 2.75) is 0 Å². The number of anilines is 3. The normalized spacial score (nSPS) is 9.43. The summed E-state index contributed by atoms with van der Waals surface area (Å²) in [5, 5.41) is 8.64. The van der Waals surface area contributed by atoms with E-state index < -0.39 is 10.6 Å². The number of hydrogen-bond acceptors (Lipinski definition) is 8. The number of nitrogens with zero attached hydrogens (tertiary/aromatic N) is 2. The van der Waals surface area contributed by atoms with Crippen molar-refractivity contribution in [1.29, 1.82) is 0 Å². The summed E-state index contributed by atoms with van der Waals surface area (Å²) < 4.78 is 0. The number of hydrogen-bond donors (Lipinski definition) is 4. The van der Waals surface area contributed by atoms with Crippen molar-refractivity contribution >= 4 is 17.5 Å². The molecule has 0 saturated carbocycles. The molecule has 0 aliphatic rings. The molecule has 0 aliphatic heterocycles. The van der Waals surface area contributed by atoms with Gasteiger partial charge < -0.3 is 11.5 Å². The molecule has 1 rings (SSSR count). The Labute approximate surface area is 75.9 Å². The fraction of sp³-hybridized carbons (Fsp3) is 0. The van der Waals surface area contributed by atoms with Crippen molar-refractivity contribution in [3.63, 3.8) is 0 Å². The van der Waals surface area contributed by atoms with Crippen LogP contribution in [-0.4, -0.2) is 15.1 Å². The predicted octanol–water partition coefficient (Wildman–Crippen LogP) is -1.53. The van der Waals surface area contributed by atoms with Crippen molar-refractivity contribution in [2.75, 3.05) is 16.9 Å². The fourth-order valence-electron chi connectivity index (χ4n) is 0.629. The van der Waals surface area contributed by atoms with Crippen molar-refractivity contribution in [3.8, 4) is 0 Å². The van der Waals surface area contributed by atoms with Gasteiger partial charge in [0.2, 0.25) is 5.95 Å². The topological polar surface area (TPSA) is 162 Å². The van der Waals surface area contributed by atoms with Crippen LogP contribution in [0.4, 0.5) is 17.5 Å². The van der Waals surface area contributed by atoms with Gasteiger partial charge in [-0.15, -0.1) is 10.1 Å². The molecule has 1 aromatic rings. The molecule has 0 atom stereocenters. The quantitative estimate of drug-likeness (QED) is 0.338. The van der Waals surface area contributed by atoms with E-state index in [2.05, 4.69) is 14.9 Å². The third kappa shape index (κ3) is 2.00. The second kappa shape index (κ2) is 3.47. The van der Waals surface area contributed by atoms with Crippen LogP contribution in [0.2, 0.25) is 0 Å². The first kappa shape index (κ1) is 9.57. The van der Waals surface area contributed by atoms with Crippen LogP contribution < -0.4 is 22.5 Å². The second-order valence-electron chi connectivity index (χ2n) is 2.13. The van der Waals surface area contributed by atoms with Crippen molar-refractivity contribution in [1.82, 2.24) is 9.97 Å². The second-order valence-corrected chi connectivity index (χ2v) is 2.13. The molecule has 0 radical (unpaired) electrons. The summed E-state index contributed by atoms with van der Waals surface area (Å²) in [4.78, 5) is 29.9. The number of nitrogens with two attached hydrogens (primary N) is 2. The molecule has 0 unspecified atom stereocenters. The molecule has 0 fully saturated rings. The lowest BCUT2D eigenvalue weighted by Gasteiger charge is -2.03. The highest BCUT2D eigenvalue weighted by atomic mass is 17.0. The number of aromatic nitrogens is 2. The Morgan fingerprint density at radius 2 is 2.21 bits per heavy atom. The van der Waals surface area contributed by atoms with Crippen LogP contribution in [0, 0.1) is 10.1 Å². The van der Waals surface area contributed by atoms with E-state index in [1.807, 2.05) is 0 Å². The lowest BCUT2D eigenvalue weighted by atomic mass is 10.5. The summed E-state index contributed by atoms with van der Waals surface area (Å²) in [6.07, 6.45) is 0. The van der Waals surface area contributed by atoms with E-state index in [1.165, 1.54) is 0 Å². The van der Waals surface area contributed by atoms with E-state index in [1.54, 1.807) is 5.48 Å². The lowest BCUT2D eigenvalue weighted by Crippen LogP contribution is -2.20. The van der Waals surface area contributed by atoms with Crippen LogP contribution in [0.3, 0.4) is 0 Å². The van der Waals surface area contributed by atoms with E-state index >= 15 is 0 Å². The number of nitrogen functional groups attached to an aromatic ring is 2. The maximum absolute atomic E-state index is 10.9. The third-order valence-electron chi connectivity index (χ3n) is 1.20. The Kier molecular flexibility index (Phi) is 2.37. The molecule has 14 heavy (non-hydrogen) atoms. The summed E-state index contributed by atoms with van der Waals surface area (Å²) in [6.45, 7) is 0. The first-order valence-electron chi connectivity index (χ1n) is 3.23. The SMILES string of the molecule is Nc1nc(NO[N+](=O)[O-])[nH]c(=O)c1N. The van der Waals surface area contributed by atoms with Gasteiger partial charge in [-0.3, -0.25) is 9.78 Å². The summed E-state index contributed by atoms with van der Waals surface area (Å²) in [5.74, 6) is -0.554. The fourth-order valence-corrected chi connectivity index (χ4v) is 0.629. The first-order valence-corrected chi connectivity index (χ1v) is 3.23. The highest BCUT2D eigenvalue weighted by Crippen LogP contribution is 2.05. The molecule has 1 heterocycles. The van der Waals surface area contributed by atoms with Gasteiger partial charge in [0, 0.05) is 0 Å². The largest absolute Gasteiger partial charge is 0.391 e. The number of aromatic amines is 1. The molecule has 10 heteroatoms. The molecule has 1 aromatic heterocycles. The minimum Gasteiger partial charge on any atom is -0.391 e. The minimum absolute atomic E-state index is 0.247. The first-order chi connectivity index (χ1) is 6.50. The van der Waals surface area contributed by atoms with E-state index in [0.717, 1.165) is 0 Å². The third-order valence-corrected chi connectivity index (χ3v) is 1.20. The standard InChI is InChI=1S/C4H6N6O4/c5-1-2(6)7-4(8-3(1)11)9-14-10(12)13/h5H2,(H4,6,7,8,9,11). The zero-order valence-electron chi connectivity index (χ0n) is 6.68. The van der Waals surface area contributed by atoms with E-state index in [4.69, 9.17) is 11.5 Å². The van der Waals surface area contributed by atoms with Crippen LogP contribution in [0.5, 0.6) is 0 Å². The maximum Gasteiger partial charge on any atom is 0.316 e. The van der Waals surface area contributed by atoms with E-state index in [9.17, 15) is 14.9 Å². The Balaban J connectivity index is 2.90. The minimum atomic E-state index is -1.12. The summed E-state index contributed by atoms with van der Waals surface area (Å²) in [5.41, 5.74) is 11.1. The van der Waals surface area contributed by atoms with Crippen molar-refractivity contribution in [3.05, 3.63) is 20.5 Å². The van der Waals surface area contributed by atoms with Crippen molar-refractivity contribution in [2.24, 2.45) is 0 Å². The van der Waals surface area contributed by atoms with E-state index in [0.29, 0.717) is 0 Å². The molecule has 0 aromatic carbocycles. The molecule has 0 spiro atoms. The highest BCUT2D eigenvalue weighted by molar-refractivity contribution is 5.57. The Bertz CT molecular complexity index is 413. The Hall–Kier alpha value is -2.52. The lowest BCUT2D eigenvalue weighted by molar-refractivity contribution is -0.749. The van der Waals surface area contributed by atoms with Crippen LogP contribution in [-0.2, 0) is 4.94 Å². The number of H-pyrrole nitrogens is 1. The maximum atomic E-state index is 10.9. The van der Waals surface area contributed by atoms with Gasteiger partial charge in [-0.05, 0) is 0 Å². The van der Waals surface area contributed by atoms with E-state index in [-0.39, 0.29) is 17.5 Å². The van der Waals surface area contributed by atoms with Crippen LogP contribution >= 0.6 is 0 Å². The van der Waals surface area contributed by atoms with Gasteiger partial charge >= 0.3 is 5.09 Å². The zero-order valence-corrected chi connectivity index (χ0v) is 6.68. The zero-order chi connectivity index (χ0) is 10.7. The smallest absolute Gasteiger partial charge is 0.316 e. The summed E-state index contributed by atoms with van der Waals surface area (Å²) >= 11 is 0. The molecule has 0 saturated heterocycles. The van der Waals surface area contributed by atoms with Gasteiger partial charge in [-0.1, -0.05) is 0 Å². The molecular formula is C4H6N6O4. The average Bonchev–Trinajstić information content (AvgIpc) is 2.10. The highest BCUT2D eigenvalue weighted by Gasteiger charge is 2.05. The Morgan fingerprint density at radius 1 is 1.57 bits per heavy atom. The van der Waals surface area contributed by atoms with Crippen LogP contribution in [0.25, 0.3) is 0 Å². The average molecular weight is 202 g/mol. The van der Waals surface area contributed by atoms with Gasteiger partial charge in [0.25, 0.3) is 5.56 Å². The number of rotatable bonds is 3. The van der Waals surface area contributed by atoms with Gasteiger partial charge in [0.05, 0.1) is 0 Å². The molecule has 76 valence electrons. The van der Waals surface area contributed by atoms with Crippen molar-refractivity contribution < 1.29 is 10.0 Å². The van der Waals surface area contributed by atoms with Gasteiger partial charge in [0.1, 0.15) is 5.69 Å². The predicted molar refractivity (Wildman–Crippen MR) is 45.4 cm³/mol. The Morgan fingerprint density at radius 3 is 2.71 bits per heavy atom. The molecule has 10 nitrogen and oxygen atoms in total. The molecular weight excluding hydrogens is 196 g/mol. The van der Waals surface area contributed by atoms with Gasteiger partial charge in [0.15, 0.2) is 5.82 Å². The molecule has 6 N–H and O–H groups in total. The molecule has 0 aliphatic carbocycles. The monoisotopic (exact) mass is 202 g/mol. The van der Waals surface area contributed by atoms with Crippen LogP contribution in [0.1, 0.15) is 0 Å². The number of nitrogens with one attached hydrogen (secondary N) is 2. The van der Waals surface area contributed by atoms with Gasteiger partial charge in [-0.25, -0.2) is 0 Å². The summed E-state index contributed by atoms with van der Waals surface area (Å²) in [6, 6.07) is 0. The van der Waals surface area contributed by atoms with Crippen LogP contribution in [0.15, 0.2) is 4.79 Å². The molecule has 0 bridgehead atoms. The van der Waals surface area contributed by atoms with Gasteiger partial charge in [-0.2, -0.15) is 15.4 Å². The summed E-state index contributed by atoms with van der Waals surface area (Å²) in [7, 11) is 0. The molecule has 0 amide bonds.